The summed E-state index contributed by atoms with van der Waals surface area (Å²) in [6.45, 7) is -0.0343. The van der Waals surface area contributed by atoms with E-state index >= 15 is 0 Å². The molecule has 5 nitrogen and oxygen atoms in total. The topological polar surface area (TPSA) is 72.2 Å². The number of imidazole rings is 1. The lowest BCUT2D eigenvalue weighted by Gasteiger charge is -2.03. The maximum absolute atomic E-state index is 10.9. The number of aromatic nitrogens is 2. The summed E-state index contributed by atoms with van der Waals surface area (Å²) in [5.74, 6) is 0.917. The highest BCUT2D eigenvalue weighted by Crippen LogP contribution is 2.18. The van der Waals surface area contributed by atoms with Gasteiger partial charge in [0.25, 0.3) is 0 Å². The molecule has 0 amide bonds. The molecule has 1 aromatic heterocycles. The van der Waals surface area contributed by atoms with E-state index in [0.717, 1.165) is 10.9 Å². The highest BCUT2D eigenvalue weighted by atomic mass is 32.2. The third kappa shape index (κ3) is 4.15. The van der Waals surface area contributed by atoms with Gasteiger partial charge in [-0.15, -0.1) is 0 Å². The molecular formula is C9H16N2O3S2. The molecule has 0 aromatic carbocycles. The van der Waals surface area contributed by atoms with Gasteiger partial charge in [-0.05, 0) is 6.42 Å². The summed E-state index contributed by atoms with van der Waals surface area (Å²) in [4.78, 5) is 4.14. The van der Waals surface area contributed by atoms with Crippen LogP contribution < -0.4 is 0 Å². The first-order valence-electron chi connectivity index (χ1n) is 4.86. The lowest BCUT2D eigenvalue weighted by molar-refractivity contribution is 0.271. The first-order chi connectivity index (χ1) is 7.44. The SMILES string of the molecule is Cn1c(CO)cnc1SCCCS(C)(=O)=O. The van der Waals surface area contributed by atoms with Crippen molar-refractivity contribution in [2.24, 2.45) is 7.05 Å². The summed E-state index contributed by atoms with van der Waals surface area (Å²) in [6, 6.07) is 0. The number of thioether (sulfide) groups is 1. The molecule has 0 spiro atoms. The molecule has 1 N–H and O–H groups in total. The Morgan fingerprint density at radius 3 is 2.75 bits per heavy atom. The number of sulfone groups is 1. The quantitative estimate of drug-likeness (QED) is 0.596. The highest BCUT2D eigenvalue weighted by Gasteiger charge is 2.07. The molecule has 0 unspecified atom stereocenters. The van der Waals surface area contributed by atoms with Crippen LogP contribution in [0.25, 0.3) is 0 Å². The van der Waals surface area contributed by atoms with E-state index in [9.17, 15) is 8.42 Å². The van der Waals surface area contributed by atoms with Gasteiger partial charge < -0.3 is 9.67 Å². The van der Waals surface area contributed by atoms with Gasteiger partial charge in [0.15, 0.2) is 5.16 Å². The summed E-state index contributed by atoms with van der Waals surface area (Å²) in [6.07, 6.45) is 3.48. The molecule has 1 heterocycles. The van der Waals surface area contributed by atoms with Gasteiger partial charge in [-0.2, -0.15) is 0 Å². The van der Waals surface area contributed by atoms with Crippen molar-refractivity contribution in [3.63, 3.8) is 0 Å². The van der Waals surface area contributed by atoms with E-state index in [4.69, 9.17) is 5.11 Å². The lowest BCUT2D eigenvalue weighted by atomic mass is 10.5. The Labute approximate surface area is 99.8 Å². The molecule has 0 fully saturated rings. The molecule has 1 rings (SSSR count). The van der Waals surface area contributed by atoms with E-state index in [1.54, 1.807) is 6.20 Å². The van der Waals surface area contributed by atoms with Crippen LogP contribution in [0.5, 0.6) is 0 Å². The van der Waals surface area contributed by atoms with Crippen LogP contribution in [0.2, 0.25) is 0 Å². The summed E-state index contributed by atoms with van der Waals surface area (Å²) in [7, 11) is -1.04. The molecule has 7 heteroatoms. The Hall–Kier alpha value is -0.530. The van der Waals surface area contributed by atoms with Crippen molar-refractivity contribution < 1.29 is 13.5 Å². The fourth-order valence-corrected chi connectivity index (χ4v) is 2.95. The maximum atomic E-state index is 10.9. The van der Waals surface area contributed by atoms with Crippen molar-refractivity contribution in [2.45, 2.75) is 18.2 Å². The second-order valence-electron chi connectivity index (χ2n) is 3.58. The number of aliphatic hydroxyl groups excluding tert-OH is 1. The highest BCUT2D eigenvalue weighted by molar-refractivity contribution is 7.99. The van der Waals surface area contributed by atoms with Crippen LogP contribution in [0.15, 0.2) is 11.4 Å². The van der Waals surface area contributed by atoms with Gasteiger partial charge >= 0.3 is 0 Å². The number of hydrogen-bond acceptors (Lipinski definition) is 5. The van der Waals surface area contributed by atoms with Crippen LogP contribution in [0, 0.1) is 0 Å². The van der Waals surface area contributed by atoms with Crippen LogP contribution in [-0.4, -0.2) is 40.8 Å². The first kappa shape index (κ1) is 13.5. The minimum atomic E-state index is -2.87. The third-order valence-corrected chi connectivity index (χ3v) is 4.25. The smallest absolute Gasteiger partial charge is 0.167 e. The molecular weight excluding hydrogens is 248 g/mol. The third-order valence-electron chi connectivity index (χ3n) is 2.09. The molecule has 0 saturated carbocycles. The normalized spacial score (nSPS) is 11.9. The molecule has 0 radical (unpaired) electrons. The molecule has 0 bridgehead atoms. The van der Waals surface area contributed by atoms with Crippen molar-refractivity contribution in [3.05, 3.63) is 11.9 Å². The molecule has 0 aliphatic carbocycles. The van der Waals surface area contributed by atoms with Crippen molar-refractivity contribution in [1.82, 2.24) is 9.55 Å². The zero-order chi connectivity index (χ0) is 12.2. The summed E-state index contributed by atoms with van der Waals surface area (Å²) < 4.78 is 23.6. The predicted octanol–water partition coefficient (Wildman–Crippen LogP) is 0.439. The zero-order valence-corrected chi connectivity index (χ0v) is 11.0. The maximum Gasteiger partial charge on any atom is 0.167 e. The van der Waals surface area contributed by atoms with Gasteiger partial charge in [-0.1, -0.05) is 11.8 Å². The van der Waals surface area contributed by atoms with Gasteiger partial charge in [0.05, 0.1) is 24.3 Å². The minimum Gasteiger partial charge on any atom is -0.390 e. The Morgan fingerprint density at radius 2 is 2.25 bits per heavy atom. The van der Waals surface area contributed by atoms with Gasteiger partial charge in [0, 0.05) is 19.1 Å². The fraction of sp³-hybridized carbons (Fsp3) is 0.667. The van der Waals surface area contributed by atoms with Crippen molar-refractivity contribution in [2.75, 3.05) is 17.8 Å². The van der Waals surface area contributed by atoms with Crippen molar-refractivity contribution >= 4 is 21.6 Å². The van der Waals surface area contributed by atoms with Gasteiger partial charge in [-0.3, -0.25) is 0 Å². The Kier molecular flexibility index (Phi) is 4.82. The Morgan fingerprint density at radius 1 is 1.56 bits per heavy atom. The Balaban J connectivity index is 2.40. The molecule has 0 saturated heterocycles. The van der Waals surface area contributed by atoms with Gasteiger partial charge in [-0.25, -0.2) is 13.4 Å². The summed E-state index contributed by atoms with van der Waals surface area (Å²) >= 11 is 1.50. The average molecular weight is 264 g/mol. The van der Waals surface area contributed by atoms with E-state index in [2.05, 4.69) is 4.98 Å². The van der Waals surface area contributed by atoms with Crippen molar-refractivity contribution in [1.29, 1.82) is 0 Å². The molecule has 0 atom stereocenters. The van der Waals surface area contributed by atoms with Gasteiger partial charge in [0.2, 0.25) is 0 Å². The van der Waals surface area contributed by atoms with Crippen molar-refractivity contribution in [3.8, 4) is 0 Å². The van der Waals surface area contributed by atoms with E-state index in [1.165, 1.54) is 18.0 Å². The first-order valence-corrected chi connectivity index (χ1v) is 7.90. The van der Waals surface area contributed by atoms with Gasteiger partial charge in [0.1, 0.15) is 9.84 Å². The van der Waals surface area contributed by atoms with E-state index < -0.39 is 9.84 Å². The monoisotopic (exact) mass is 264 g/mol. The number of rotatable bonds is 6. The molecule has 1 aromatic rings. The lowest BCUT2D eigenvalue weighted by Crippen LogP contribution is -2.04. The number of hydrogen-bond donors (Lipinski definition) is 1. The molecule has 16 heavy (non-hydrogen) atoms. The second kappa shape index (κ2) is 5.70. The van der Waals surface area contributed by atoms with E-state index in [0.29, 0.717) is 12.2 Å². The van der Waals surface area contributed by atoms with Crippen LogP contribution in [0.3, 0.4) is 0 Å². The predicted molar refractivity (Wildman–Crippen MR) is 64.2 cm³/mol. The zero-order valence-electron chi connectivity index (χ0n) is 9.38. The van der Waals surface area contributed by atoms with E-state index in [1.807, 2.05) is 11.6 Å². The molecule has 0 aliphatic heterocycles. The molecule has 92 valence electrons. The van der Waals surface area contributed by atoms with Crippen LogP contribution in [-0.2, 0) is 23.5 Å². The van der Waals surface area contributed by atoms with Crippen LogP contribution >= 0.6 is 11.8 Å². The van der Waals surface area contributed by atoms with E-state index in [-0.39, 0.29) is 12.4 Å². The molecule has 0 aliphatic rings. The second-order valence-corrected chi connectivity index (χ2v) is 6.90. The standard InChI is InChI=1S/C9H16N2O3S2/c1-11-8(7-12)6-10-9(11)15-4-3-5-16(2,13)14/h6,12H,3-5,7H2,1-2H3. The largest absolute Gasteiger partial charge is 0.390 e. The van der Waals surface area contributed by atoms with Crippen LogP contribution in [0.1, 0.15) is 12.1 Å². The Bertz CT molecular complexity index is 440. The average Bonchev–Trinajstić information content (AvgIpc) is 2.53. The number of nitrogens with zero attached hydrogens (tertiary/aromatic N) is 2. The minimum absolute atomic E-state index is 0.0343. The van der Waals surface area contributed by atoms with Crippen LogP contribution in [0.4, 0.5) is 0 Å². The number of aliphatic hydroxyl groups is 1. The summed E-state index contributed by atoms with van der Waals surface area (Å²) in [5.41, 5.74) is 0.755. The summed E-state index contributed by atoms with van der Waals surface area (Å²) in [5, 5.41) is 9.76. The fourth-order valence-electron chi connectivity index (χ4n) is 1.19.